The molecule has 0 bridgehead atoms. The fourth-order valence-corrected chi connectivity index (χ4v) is 3.93. The summed E-state index contributed by atoms with van der Waals surface area (Å²) < 4.78 is 50.1. The van der Waals surface area contributed by atoms with Crippen LogP contribution < -0.4 is 10.6 Å². The highest BCUT2D eigenvalue weighted by Crippen LogP contribution is 2.40. The Bertz CT molecular complexity index is 1110. The molecule has 31 heavy (non-hydrogen) atoms. The molecule has 1 saturated carbocycles. The van der Waals surface area contributed by atoms with Crippen molar-refractivity contribution in [2.75, 3.05) is 10.6 Å². The molecule has 2 aromatic rings. The molecule has 0 aliphatic heterocycles. The average molecular weight is 452 g/mol. The maximum atomic E-state index is 13.1. The summed E-state index contributed by atoms with van der Waals surface area (Å²) in [6.07, 6.45) is 3.94. The van der Waals surface area contributed by atoms with Gasteiger partial charge in [-0.3, -0.25) is 9.59 Å². The summed E-state index contributed by atoms with van der Waals surface area (Å²) in [7, 11) is -4.94. The van der Waals surface area contributed by atoms with E-state index in [4.69, 9.17) is 0 Å². The van der Waals surface area contributed by atoms with E-state index in [1.165, 1.54) is 24.5 Å². The van der Waals surface area contributed by atoms with Crippen molar-refractivity contribution in [3.63, 3.8) is 0 Å². The van der Waals surface area contributed by atoms with Crippen LogP contribution in [0, 0.1) is 11.8 Å². The summed E-state index contributed by atoms with van der Waals surface area (Å²) >= 11 is 0. The predicted octanol–water partition coefficient (Wildman–Crippen LogP) is 3.79. The Hall–Kier alpha value is -2.95. The summed E-state index contributed by atoms with van der Waals surface area (Å²) in [5.74, 6) is -3.57. The summed E-state index contributed by atoms with van der Waals surface area (Å²) in [6, 6.07) is 3.57. The number of carbonyl (C=O) groups is 2. The molecule has 2 atom stereocenters. The Balaban J connectivity index is 1.94. The number of halogens is 2. The summed E-state index contributed by atoms with van der Waals surface area (Å²) in [4.78, 5) is 31.7. The largest absolute Gasteiger partial charge is 0.341 e. The van der Waals surface area contributed by atoms with Crippen molar-refractivity contribution >= 4 is 38.9 Å². The molecule has 11 heteroatoms. The molecule has 1 amide bonds. The van der Waals surface area contributed by atoms with Crippen LogP contribution in [0.2, 0.25) is 0 Å². The highest BCUT2D eigenvalue weighted by molar-refractivity contribution is 7.91. The number of anilines is 3. The number of Topliss-reactive ketones (excluding diaryl/α,β-unsaturated/α-hetero) is 1. The van der Waals surface area contributed by atoms with Gasteiger partial charge in [0.2, 0.25) is 15.7 Å². The summed E-state index contributed by atoms with van der Waals surface area (Å²) in [6.45, 7) is 3.69. The second-order valence-corrected chi connectivity index (χ2v) is 9.28. The number of carbonyl (C=O) groups excluding carboxylic acids is 2. The lowest BCUT2D eigenvalue weighted by Crippen LogP contribution is -2.16. The van der Waals surface area contributed by atoms with E-state index in [0.717, 1.165) is 12.5 Å². The van der Waals surface area contributed by atoms with Gasteiger partial charge in [0.05, 0.1) is 11.3 Å². The smallest absolute Gasteiger partial charge is 0.338 e. The van der Waals surface area contributed by atoms with Gasteiger partial charge in [0.15, 0.2) is 5.78 Å². The fraction of sp³-hybridized carbons (Fsp3) is 0.400. The molecular formula is C20H22F2N4O4S. The Kier molecular flexibility index (Phi) is 6.63. The minimum atomic E-state index is -4.94. The first-order valence-corrected chi connectivity index (χ1v) is 11.2. The molecule has 1 aliphatic carbocycles. The molecule has 2 N–H and O–H groups in total. The van der Waals surface area contributed by atoms with Gasteiger partial charge in [-0.25, -0.2) is 18.4 Å². The van der Waals surface area contributed by atoms with E-state index in [-0.39, 0.29) is 41.0 Å². The van der Waals surface area contributed by atoms with E-state index in [1.807, 2.05) is 0 Å². The van der Waals surface area contributed by atoms with Gasteiger partial charge in [-0.1, -0.05) is 13.8 Å². The van der Waals surface area contributed by atoms with Crippen LogP contribution in [0.1, 0.15) is 43.5 Å². The van der Waals surface area contributed by atoms with Crippen LogP contribution >= 0.6 is 0 Å². The molecule has 1 fully saturated rings. The quantitative estimate of drug-likeness (QED) is 0.556. The van der Waals surface area contributed by atoms with Gasteiger partial charge in [-0.05, 0) is 30.4 Å². The van der Waals surface area contributed by atoms with Crippen LogP contribution in [0.3, 0.4) is 0 Å². The molecule has 3 rings (SSSR count). The fourth-order valence-electron chi connectivity index (χ4n) is 3.09. The zero-order chi connectivity index (χ0) is 22.8. The molecule has 0 aromatic carbocycles. The van der Waals surface area contributed by atoms with Crippen molar-refractivity contribution in [3.05, 3.63) is 36.2 Å². The van der Waals surface area contributed by atoms with Crippen molar-refractivity contribution in [3.8, 4) is 0 Å². The van der Waals surface area contributed by atoms with E-state index in [2.05, 4.69) is 27.5 Å². The standard InChI is InChI=1S/C20H22F2N4O4S/c1-3-15(27)13-10-24-17(26-18(28)8-12-7-11(12)2)9-14(13)25-19-16(5-4-6-23-19)31(29,30)20(21)22/h4-6,9-12,20H,3,7-8H2,1-2H3,(H2,23,24,25,26,28)/t11-,12-/m0/s1. The number of sulfone groups is 1. The first-order chi connectivity index (χ1) is 14.6. The predicted molar refractivity (Wildman–Crippen MR) is 110 cm³/mol. The molecule has 0 spiro atoms. The Labute approximate surface area is 178 Å². The van der Waals surface area contributed by atoms with Gasteiger partial charge in [0.25, 0.3) is 0 Å². The molecule has 0 radical (unpaired) electrons. The van der Waals surface area contributed by atoms with E-state index < -0.39 is 20.5 Å². The number of pyridine rings is 2. The normalized spacial score (nSPS) is 18.0. The van der Waals surface area contributed by atoms with E-state index in [1.54, 1.807) is 6.92 Å². The third-order valence-corrected chi connectivity index (χ3v) is 6.49. The van der Waals surface area contributed by atoms with E-state index >= 15 is 0 Å². The van der Waals surface area contributed by atoms with Crippen molar-refractivity contribution in [1.82, 2.24) is 9.97 Å². The lowest BCUT2D eigenvalue weighted by molar-refractivity contribution is -0.116. The van der Waals surface area contributed by atoms with Crippen LogP contribution in [0.15, 0.2) is 35.5 Å². The second-order valence-electron chi connectivity index (χ2n) is 7.40. The first kappa shape index (κ1) is 22.7. The van der Waals surface area contributed by atoms with Crippen molar-refractivity contribution in [2.24, 2.45) is 11.8 Å². The highest BCUT2D eigenvalue weighted by atomic mass is 32.2. The lowest BCUT2D eigenvalue weighted by Gasteiger charge is -2.15. The maximum absolute atomic E-state index is 13.1. The van der Waals surface area contributed by atoms with Gasteiger partial charge in [0.1, 0.15) is 16.5 Å². The summed E-state index contributed by atoms with van der Waals surface area (Å²) in [5.41, 5.74) is 0.212. The Morgan fingerprint density at radius 1 is 1.29 bits per heavy atom. The SMILES string of the molecule is CCC(=O)c1cnc(NC(=O)C[C@@H]2C[C@@H]2C)cc1Nc1ncccc1S(=O)(=O)C(F)F. The van der Waals surface area contributed by atoms with Crippen LogP contribution in [0.4, 0.5) is 26.1 Å². The van der Waals surface area contributed by atoms with Crippen LogP contribution in [0.25, 0.3) is 0 Å². The van der Waals surface area contributed by atoms with Crippen molar-refractivity contribution in [1.29, 1.82) is 0 Å². The number of aromatic nitrogens is 2. The number of alkyl halides is 2. The van der Waals surface area contributed by atoms with Crippen LogP contribution in [0.5, 0.6) is 0 Å². The van der Waals surface area contributed by atoms with E-state index in [9.17, 15) is 26.8 Å². The zero-order valence-corrected chi connectivity index (χ0v) is 17.7. The van der Waals surface area contributed by atoms with Gasteiger partial charge >= 0.3 is 5.76 Å². The second kappa shape index (κ2) is 9.04. The molecule has 0 unspecified atom stereocenters. The number of hydrogen-bond acceptors (Lipinski definition) is 7. The van der Waals surface area contributed by atoms with Crippen molar-refractivity contribution < 1.29 is 26.8 Å². The zero-order valence-electron chi connectivity index (χ0n) is 16.9. The number of nitrogens with zero attached hydrogens (tertiary/aromatic N) is 2. The minimum absolute atomic E-state index is 0.0985. The number of rotatable bonds is 9. The van der Waals surface area contributed by atoms with Gasteiger partial charge in [-0.15, -0.1) is 0 Å². The molecule has 8 nitrogen and oxygen atoms in total. The average Bonchev–Trinajstić information content (AvgIpc) is 3.41. The van der Waals surface area contributed by atoms with Gasteiger partial charge in [-0.2, -0.15) is 8.78 Å². The number of ketones is 1. The number of nitrogens with one attached hydrogen (secondary N) is 2. The summed E-state index contributed by atoms with van der Waals surface area (Å²) in [5, 5.41) is 5.30. The molecule has 1 aliphatic rings. The minimum Gasteiger partial charge on any atom is -0.338 e. The van der Waals surface area contributed by atoms with Crippen molar-refractivity contribution in [2.45, 2.75) is 43.8 Å². The maximum Gasteiger partial charge on any atom is 0.341 e. The Morgan fingerprint density at radius 3 is 2.61 bits per heavy atom. The molecule has 0 saturated heterocycles. The number of hydrogen-bond donors (Lipinski definition) is 2. The van der Waals surface area contributed by atoms with Gasteiger partial charge < -0.3 is 10.6 Å². The topological polar surface area (TPSA) is 118 Å². The third-order valence-electron chi connectivity index (χ3n) is 5.08. The van der Waals surface area contributed by atoms with Crippen LogP contribution in [-0.2, 0) is 14.6 Å². The molecule has 2 heterocycles. The lowest BCUT2D eigenvalue weighted by atomic mass is 10.1. The molecular weight excluding hydrogens is 430 g/mol. The third kappa shape index (κ3) is 5.22. The Morgan fingerprint density at radius 2 is 2.00 bits per heavy atom. The highest BCUT2D eigenvalue weighted by Gasteiger charge is 2.34. The number of amides is 1. The van der Waals surface area contributed by atoms with Gasteiger partial charge in [0, 0.05) is 31.3 Å². The van der Waals surface area contributed by atoms with E-state index in [0.29, 0.717) is 18.3 Å². The van der Waals surface area contributed by atoms with Crippen LogP contribution in [-0.4, -0.2) is 35.8 Å². The molecule has 2 aromatic heterocycles. The first-order valence-electron chi connectivity index (χ1n) is 9.70. The molecule has 166 valence electrons. The monoisotopic (exact) mass is 452 g/mol.